The normalized spacial score (nSPS) is 10.8. The van der Waals surface area contributed by atoms with Gasteiger partial charge in [-0.1, -0.05) is 11.6 Å². The van der Waals surface area contributed by atoms with E-state index < -0.39 is 11.6 Å². The molecule has 3 aromatic rings. The molecule has 0 spiro atoms. The molecule has 0 saturated heterocycles. The molecule has 0 aliphatic heterocycles. The van der Waals surface area contributed by atoms with Crippen molar-refractivity contribution in [3.8, 4) is 11.1 Å². The van der Waals surface area contributed by atoms with Crippen LogP contribution in [-0.4, -0.2) is 14.8 Å². The number of pyridine rings is 1. The zero-order valence-electron chi connectivity index (χ0n) is 12.4. The number of aryl methyl sites for hydroxylation is 2. The second-order valence-electron chi connectivity index (χ2n) is 5.02. The third kappa shape index (κ3) is 2.90. The Kier molecular flexibility index (Phi) is 4.00. The maximum atomic E-state index is 14.2. The molecule has 2 aromatic heterocycles. The number of rotatable bonds is 3. The van der Waals surface area contributed by atoms with Gasteiger partial charge in [0.15, 0.2) is 5.15 Å². The van der Waals surface area contributed by atoms with E-state index in [2.05, 4.69) is 15.4 Å². The highest BCUT2D eigenvalue weighted by molar-refractivity contribution is 6.32. The first kappa shape index (κ1) is 15.4. The molecule has 0 amide bonds. The van der Waals surface area contributed by atoms with Crippen molar-refractivity contribution < 1.29 is 8.78 Å². The van der Waals surface area contributed by atoms with E-state index in [4.69, 9.17) is 11.6 Å². The van der Waals surface area contributed by atoms with E-state index in [1.807, 2.05) is 0 Å². The maximum Gasteiger partial charge on any atom is 0.152 e. The lowest BCUT2D eigenvalue weighted by molar-refractivity contribution is 0.585. The zero-order chi connectivity index (χ0) is 16.6. The molecule has 0 unspecified atom stereocenters. The Balaban J connectivity index is 2.13. The van der Waals surface area contributed by atoms with Crippen molar-refractivity contribution in [2.75, 3.05) is 5.32 Å². The van der Waals surface area contributed by atoms with Crippen molar-refractivity contribution >= 4 is 23.1 Å². The van der Waals surface area contributed by atoms with Crippen LogP contribution in [0.4, 0.5) is 20.3 Å². The van der Waals surface area contributed by atoms with Gasteiger partial charge >= 0.3 is 0 Å². The Hall–Kier alpha value is -2.47. The summed E-state index contributed by atoms with van der Waals surface area (Å²) in [5.41, 5.74) is 1.99. The molecule has 4 nitrogen and oxygen atoms in total. The molecule has 118 valence electrons. The summed E-state index contributed by atoms with van der Waals surface area (Å²) in [5, 5.41) is 7.71. The number of halogens is 3. The Labute approximate surface area is 136 Å². The van der Waals surface area contributed by atoms with Crippen molar-refractivity contribution in [1.82, 2.24) is 14.8 Å². The molecule has 1 N–H and O–H groups in total. The molecule has 0 aliphatic carbocycles. The lowest BCUT2D eigenvalue weighted by Gasteiger charge is -2.11. The third-order valence-corrected chi connectivity index (χ3v) is 3.74. The molecule has 0 aliphatic rings. The average Bonchev–Trinajstić information content (AvgIpc) is 2.76. The van der Waals surface area contributed by atoms with E-state index in [-0.39, 0.29) is 10.7 Å². The van der Waals surface area contributed by atoms with Gasteiger partial charge in [-0.05, 0) is 31.2 Å². The van der Waals surface area contributed by atoms with Crippen molar-refractivity contribution in [2.45, 2.75) is 6.92 Å². The summed E-state index contributed by atoms with van der Waals surface area (Å²) < 4.78 is 28.9. The number of nitrogens with one attached hydrogen (secondary N) is 1. The van der Waals surface area contributed by atoms with E-state index >= 15 is 0 Å². The first-order valence-corrected chi connectivity index (χ1v) is 7.21. The van der Waals surface area contributed by atoms with E-state index in [1.54, 1.807) is 37.0 Å². The van der Waals surface area contributed by atoms with Gasteiger partial charge < -0.3 is 5.32 Å². The topological polar surface area (TPSA) is 42.7 Å². The van der Waals surface area contributed by atoms with Crippen LogP contribution in [0, 0.1) is 18.6 Å². The second kappa shape index (κ2) is 5.96. The molecule has 0 atom stereocenters. The van der Waals surface area contributed by atoms with Crippen LogP contribution in [0.25, 0.3) is 11.1 Å². The number of anilines is 2. The number of hydrogen-bond donors (Lipinski definition) is 1. The number of benzene rings is 1. The fraction of sp³-hybridized carbons (Fsp3) is 0.125. The molecular weight excluding hydrogens is 322 g/mol. The lowest BCUT2D eigenvalue weighted by atomic mass is 10.0. The van der Waals surface area contributed by atoms with Gasteiger partial charge in [-0.15, -0.1) is 0 Å². The van der Waals surface area contributed by atoms with Crippen molar-refractivity contribution in [1.29, 1.82) is 0 Å². The highest BCUT2D eigenvalue weighted by Crippen LogP contribution is 2.35. The lowest BCUT2D eigenvalue weighted by Crippen LogP contribution is -2.01. The summed E-state index contributed by atoms with van der Waals surface area (Å²) in [6.07, 6.45) is 1.57. The minimum atomic E-state index is -0.651. The van der Waals surface area contributed by atoms with Gasteiger partial charge in [0.05, 0.1) is 16.9 Å². The summed E-state index contributed by atoms with van der Waals surface area (Å²) in [6.45, 7) is 1.76. The SMILES string of the molecule is Cc1nn(C)c(Nc2cccnc2Cl)c1-c1ccc(F)cc1F. The van der Waals surface area contributed by atoms with Crippen molar-refractivity contribution in [2.24, 2.45) is 7.05 Å². The molecule has 23 heavy (non-hydrogen) atoms. The molecule has 3 rings (SSSR count). The predicted molar refractivity (Wildman–Crippen MR) is 85.8 cm³/mol. The van der Waals surface area contributed by atoms with E-state index in [0.717, 1.165) is 6.07 Å². The van der Waals surface area contributed by atoms with E-state index in [9.17, 15) is 8.78 Å². The van der Waals surface area contributed by atoms with Crippen LogP contribution in [0.5, 0.6) is 0 Å². The first-order chi connectivity index (χ1) is 11.0. The Morgan fingerprint density at radius 1 is 1.22 bits per heavy atom. The second-order valence-corrected chi connectivity index (χ2v) is 5.38. The molecule has 0 saturated carbocycles. The third-order valence-electron chi connectivity index (χ3n) is 3.43. The molecule has 7 heteroatoms. The van der Waals surface area contributed by atoms with Gasteiger partial charge in [0.25, 0.3) is 0 Å². The van der Waals surface area contributed by atoms with E-state index in [0.29, 0.717) is 22.8 Å². The summed E-state index contributed by atoms with van der Waals surface area (Å²) in [5.74, 6) is -0.734. The molecule has 0 bridgehead atoms. The number of nitrogens with zero attached hydrogens (tertiary/aromatic N) is 3. The van der Waals surface area contributed by atoms with Crippen molar-refractivity contribution in [3.63, 3.8) is 0 Å². The Bertz CT molecular complexity index is 877. The van der Waals surface area contributed by atoms with Crippen LogP contribution in [0.1, 0.15) is 5.69 Å². The monoisotopic (exact) mass is 334 g/mol. The van der Waals surface area contributed by atoms with Crippen LogP contribution in [0.3, 0.4) is 0 Å². The summed E-state index contributed by atoms with van der Waals surface area (Å²) in [6, 6.07) is 6.94. The fourth-order valence-electron chi connectivity index (χ4n) is 2.42. The van der Waals surface area contributed by atoms with Gasteiger partial charge in [-0.2, -0.15) is 5.10 Å². The molecule has 0 fully saturated rings. The highest BCUT2D eigenvalue weighted by atomic mass is 35.5. The first-order valence-electron chi connectivity index (χ1n) is 6.84. The van der Waals surface area contributed by atoms with Gasteiger partial charge in [0.2, 0.25) is 0 Å². The molecule has 2 heterocycles. The summed E-state index contributed by atoms with van der Waals surface area (Å²) in [7, 11) is 1.73. The largest absolute Gasteiger partial charge is 0.337 e. The molecule has 1 aromatic carbocycles. The molecule has 0 radical (unpaired) electrons. The van der Waals surface area contributed by atoms with E-state index in [1.165, 1.54) is 12.1 Å². The number of hydrogen-bond acceptors (Lipinski definition) is 3. The highest BCUT2D eigenvalue weighted by Gasteiger charge is 2.19. The van der Waals surface area contributed by atoms with Crippen LogP contribution in [0.2, 0.25) is 5.15 Å². The quantitative estimate of drug-likeness (QED) is 0.719. The number of aromatic nitrogens is 3. The standard InChI is InChI=1S/C16H13ClF2N4/c1-9-14(11-6-5-10(18)8-12(11)19)16(23(2)22-9)21-13-4-3-7-20-15(13)17/h3-8,21H,1-2H3. The zero-order valence-corrected chi connectivity index (χ0v) is 13.2. The Morgan fingerprint density at radius 3 is 2.70 bits per heavy atom. The Morgan fingerprint density at radius 2 is 2.00 bits per heavy atom. The fourth-order valence-corrected chi connectivity index (χ4v) is 2.59. The minimum Gasteiger partial charge on any atom is -0.337 e. The van der Waals surface area contributed by atoms with Crippen LogP contribution < -0.4 is 5.32 Å². The van der Waals surface area contributed by atoms with Gasteiger partial charge in [0, 0.05) is 24.9 Å². The summed E-state index contributed by atoms with van der Waals surface area (Å²) >= 11 is 6.06. The summed E-state index contributed by atoms with van der Waals surface area (Å²) in [4.78, 5) is 3.99. The van der Waals surface area contributed by atoms with Crippen LogP contribution in [0.15, 0.2) is 36.5 Å². The van der Waals surface area contributed by atoms with Crippen LogP contribution in [-0.2, 0) is 7.05 Å². The maximum absolute atomic E-state index is 14.2. The van der Waals surface area contributed by atoms with Gasteiger partial charge in [0.1, 0.15) is 17.5 Å². The average molecular weight is 335 g/mol. The molecular formula is C16H13ClF2N4. The van der Waals surface area contributed by atoms with Gasteiger partial charge in [-0.3, -0.25) is 4.68 Å². The smallest absolute Gasteiger partial charge is 0.152 e. The minimum absolute atomic E-state index is 0.263. The predicted octanol–water partition coefficient (Wildman–Crippen LogP) is 4.47. The van der Waals surface area contributed by atoms with Gasteiger partial charge in [-0.25, -0.2) is 13.8 Å². The van der Waals surface area contributed by atoms with Crippen molar-refractivity contribution in [3.05, 3.63) is 59.0 Å². The van der Waals surface area contributed by atoms with Crippen LogP contribution >= 0.6 is 11.6 Å².